The van der Waals surface area contributed by atoms with Gasteiger partial charge in [-0.25, -0.2) is 0 Å². The van der Waals surface area contributed by atoms with Crippen LogP contribution in [0, 0.1) is 5.41 Å². The third kappa shape index (κ3) is 3.82. The zero-order valence-corrected chi connectivity index (χ0v) is 15.5. The van der Waals surface area contributed by atoms with Gasteiger partial charge in [0.1, 0.15) is 5.75 Å². The molecule has 1 saturated heterocycles. The maximum atomic E-state index is 12.7. The van der Waals surface area contributed by atoms with Crippen LogP contribution in [0.4, 0.5) is 0 Å². The van der Waals surface area contributed by atoms with Gasteiger partial charge in [0, 0.05) is 30.2 Å². The highest BCUT2D eigenvalue weighted by atomic mass is 16.5. The molecule has 1 aliphatic rings. The standard InChI is InChI=1S/C20H29N3O2/c1-4-23-11-5-9-20(2,14-23)19(24)21-10-8-15-13-22-18-7-6-16(25-3)12-17(15)18/h6-7,12-13,22H,4-5,8-11,14H2,1-3H3,(H,21,24)/t20-/m1/s1. The molecule has 2 N–H and O–H groups in total. The van der Waals surface area contributed by atoms with E-state index in [4.69, 9.17) is 4.74 Å². The van der Waals surface area contributed by atoms with E-state index in [1.807, 2.05) is 24.4 Å². The lowest BCUT2D eigenvalue weighted by Gasteiger charge is -2.38. The first-order valence-electron chi connectivity index (χ1n) is 9.20. The van der Waals surface area contributed by atoms with E-state index in [2.05, 4.69) is 29.0 Å². The average molecular weight is 343 g/mol. The van der Waals surface area contributed by atoms with Gasteiger partial charge in [-0.05, 0) is 63.0 Å². The number of methoxy groups -OCH3 is 1. The first kappa shape index (κ1) is 17.8. The van der Waals surface area contributed by atoms with Gasteiger partial charge in [0.15, 0.2) is 0 Å². The van der Waals surface area contributed by atoms with Gasteiger partial charge in [-0.2, -0.15) is 0 Å². The van der Waals surface area contributed by atoms with Crippen LogP contribution >= 0.6 is 0 Å². The molecule has 0 radical (unpaired) electrons. The molecule has 1 atom stereocenters. The molecule has 25 heavy (non-hydrogen) atoms. The highest BCUT2D eigenvalue weighted by Crippen LogP contribution is 2.29. The van der Waals surface area contributed by atoms with Crippen LogP contribution in [0.5, 0.6) is 5.75 Å². The van der Waals surface area contributed by atoms with E-state index in [0.29, 0.717) is 6.54 Å². The normalized spacial score (nSPS) is 21.4. The van der Waals surface area contributed by atoms with Crippen LogP contribution < -0.4 is 10.1 Å². The number of nitrogens with zero attached hydrogens (tertiary/aromatic N) is 1. The number of hydrogen-bond donors (Lipinski definition) is 2. The highest BCUT2D eigenvalue weighted by Gasteiger charge is 2.37. The number of nitrogens with one attached hydrogen (secondary N) is 2. The van der Waals surface area contributed by atoms with Crippen molar-refractivity contribution in [1.82, 2.24) is 15.2 Å². The SMILES string of the molecule is CCN1CCC[C@@](C)(C(=O)NCCc2c[nH]c3ccc(OC)cc23)C1. The summed E-state index contributed by atoms with van der Waals surface area (Å²) in [6.45, 7) is 7.90. The van der Waals surface area contributed by atoms with E-state index in [-0.39, 0.29) is 11.3 Å². The number of aromatic amines is 1. The van der Waals surface area contributed by atoms with Crippen molar-refractivity contribution in [1.29, 1.82) is 0 Å². The van der Waals surface area contributed by atoms with Crippen LogP contribution in [0.15, 0.2) is 24.4 Å². The summed E-state index contributed by atoms with van der Waals surface area (Å²) in [7, 11) is 1.68. The number of piperidine rings is 1. The Morgan fingerprint density at radius 3 is 3.04 bits per heavy atom. The number of aromatic nitrogens is 1. The second kappa shape index (κ2) is 7.48. The fourth-order valence-corrected chi connectivity index (χ4v) is 3.82. The smallest absolute Gasteiger partial charge is 0.227 e. The molecule has 2 aromatic rings. The summed E-state index contributed by atoms with van der Waals surface area (Å²) in [5.41, 5.74) is 2.04. The third-order valence-corrected chi connectivity index (χ3v) is 5.43. The van der Waals surface area contributed by atoms with Crippen LogP contribution in [-0.4, -0.2) is 49.1 Å². The molecule has 0 saturated carbocycles. The minimum absolute atomic E-state index is 0.183. The first-order chi connectivity index (χ1) is 12.1. The Hall–Kier alpha value is -2.01. The lowest BCUT2D eigenvalue weighted by Crippen LogP contribution is -2.50. The number of rotatable bonds is 6. The Morgan fingerprint density at radius 1 is 1.44 bits per heavy atom. The molecule has 5 heteroatoms. The Balaban J connectivity index is 1.60. The van der Waals surface area contributed by atoms with E-state index in [0.717, 1.165) is 55.5 Å². The van der Waals surface area contributed by atoms with Crippen LogP contribution in [-0.2, 0) is 11.2 Å². The molecule has 0 aliphatic carbocycles. The quantitative estimate of drug-likeness (QED) is 0.848. The van der Waals surface area contributed by atoms with Gasteiger partial charge < -0.3 is 19.9 Å². The number of amides is 1. The largest absolute Gasteiger partial charge is 0.497 e. The van der Waals surface area contributed by atoms with Crippen LogP contribution in [0.25, 0.3) is 10.9 Å². The predicted molar refractivity (Wildman–Crippen MR) is 101 cm³/mol. The number of hydrogen-bond acceptors (Lipinski definition) is 3. The minimum Gasteiger partial charge on any atom is -0.497 e. The molecule has 2 heterocycles. The van der Waals surface area contributed by atoms with E-state index in [1.54, 1.807) is 7.11 Å². The zero-order valence-electron chi connectivity index (χ0n) is 15.5. The fraction of sp³-hybridized carbons (Fsp3) is 0.550. The van der Waals surface area contributed by atoms with Crippen molar-refractivity contribution in [2.24, 2.45) is 5.41 Å². The first-order valence-corrected chi connectivity index (χ1v) is 9.20. The maximum absolute atomic E-state index is 12.7. The van der Waals surface area contributed by atoms with Crippen molar-refractivity contribution in [3.63, 3.8) is 0 Å². The summed E-state index contributed by atoms with van der Waals surface area (Å²) < 4.78 is 5.31. The molecule has 1 aromatic carbocycles. The second-order valence-electron chi connectivity index (χ2n) is 7.26. The Kier molecular flexibility index (Phi) is 5.33. The zero-order chi connectivity index (χ0) is 17.9. The van der Waals surface area contributed by atoms with E-state index in [1.165, 1.54) is 5.56 Å². The van der Waals surface area contributed by atoms with E-state index >= 15 is 0 Å². The average Bonchev–Trinajstić information content (AvgIpc) is 3.03. The molecule has 0 spiro atoms. The number of carbonyl (C=O) groups excluding carboxylic acids is 1. The molecule has 1 aliphatic heterocycles. The summed E-state index contributed by atoms with van der Waals surface area (Å²) in [6.07, 6.45) is 4.91. The van der Waals surface area contributed by atoms with Gasteiger partial charge >= 0.3 is 0 Å². The van der Waals surface area contributed by atoms with Crippen molar-refractivity contribution in [2.45, 2.75) is 33.1 Å². The molecule has 5 nitrogen and oxygen atoms in total. The second-order valence-corrected chi connectivity index (χ2v) is 7.26. The molecule has 1 aromatic heterocycles. The number of benzene rings is 1. The summed E-state index contributed by atoms with van der Waals surface area (Å²) >= 11 is 0. The van der Waals surface area contributed by atoms with Gasteiger partial charge in [-0.3, -0.25) is 4.79 Å². The van der Waals surface area contributed by atoms with Crippen molar-refractivity contribution in [2.75, 3.05) is 33.3 Å². The molecular formula is C20H29N3O2. The molecule has 1 amide bonds. The monoisotopic (exact) mass is 343 g/mol. The maximum Gasteiger partial charge on any atom is 0.227 e. The fourth-order valence-electron chi connectivity index (χ4n) is 3.82. The van der Waals surface area contributed by atoms with Crippen LogP contribution in [0.2, 0.25) is 0 Å². The molecule has 3 rings (SSSR count). The number of carbonyl (C=O) groups is 1. The van der Waals surface area contributed by atoms with Gasteiger partial charge in [0.05, 0.1) is 12.5 Å². The number of ether oxygens (including phenoxy) is 1. The van der Waals surface area contributed by atoms with Crippen molar-refractivity contribution >= 4 is 16.8 Å². The summed E-state index contributed by atoms with van der Waals surface area (Å²) in [5, 5.41) is 4.32. The van der Waals surface area contributed by atoms with Gasteiger partial charge in [0.2, 0.25) is 5.91 Å². The highest BCUT2D eigenvalue weighted by molar-refractivity contribution is 5.85. The topological polar surface area (TPSA) is 57.4 Å². The predicted octanol–water partition coefficient (Wildman–Crippen LogP) is 2.96. The Labute approximate surface area is 149 Å². The number of fused-ring (bicyclic) bond motifs is 1. The number of likely N-dealkylation sites (tertiary alicyclic amines) is 1. The molecule has 0 unspecified atom stereocenters. The van der Waals surface area contributed by atoms with Crippen molar-refractivity contribution < 1.29 is 9.53 Å². The molecule has 0 bridgehead atoms. The van der Waals surface area contributed by atoms with Gasteiger partial charge in [-0.1, -0.05) is 6.92 Å². The van der Waals surface area contributed by atoms with Crippen molar-refractivity contribution in [3.8, 4) is 5.75 Å². The van der Waals surface area contributed by atoms with Crippen molar-refractivity contribution in [3.05, 3.63) is 30.0 Å². The molecule has 136 valence electrons. The van der Waals surface area contributed by atoms with E-state index < -0.39 is 0 Å². The van der Waals surface area contributed by atoms with Crippen LogP contribution in [0.1, 0.15) is 32.3 Å². The lowest BCUT2D eigenvalue weighted by atomic mass is 9.81. The number of H-pyrrole nitrogens is 1. The van der Waals surface area contributed by atoms with E-state index in [9.17, 15) is 4.79 Å². The summed E-state index contributed by atoms with van der Waals surface area (Å²) in [4.78, 5) is 18.4. The molecule has 1 fully saturated rings. The van der Waals surface area contributed by atoms with Gasteiger partial charge in [0.25, 0.3) is 0 Å². The molecular weight excluding hydrogens is 314 g/mol. The Morgan fingerprint density at radius 2 is 2.28 bits per heavy atom. The minimum atomic E-state index is -0.266. The summed E-state index contributed by atoms with van der Waals surface area (Å²) in [5.74, 6) is 1.04. The lowest BCUT2D eigenvalue weighted by molar-refractivity contribution is -0.133. The van der Waals surface area contributed by atoms with Crippen LogP contribution in [0.3, 0.4) is 0 Å². The third-order valence-electron chi connectivity index (χ3n) is 5.43. The summed E-state index contributed by atoms with van der Waals surface area (Å²) in [6, 6.07) is 6.02. The Bertz CT molecular complexity index is 740. The van der Waals surface area contributed by atoms with Gasteiger partial charge in [-0.15, -0.1) is 0 Å².